The van der Waals surface area contributed by atoms with E-state index in [2.05, 4.69) is 36.8 Å². The highest BCUT2D eigenvalue weighted by molar-refractivity contribution is 9.11. The zero-order chi connectivity index (χ0) is 25.3. The second kappa shape index (κ2) is 9.87. The van der Waals surface area contributed by atoms with Crippen molar-refractivity contribution in [3.05, 3.63) is 80.9 Å². The summed E-state index contributed by atoms with van der Waals surface area (Å²) in [6.45, 7) is 1.28. The van der Waals surface area contributed by atoms with Gasteiger partial charge in [-0.3, -0.25) is 0 Å². The van der Waals surface area contributed by atoms with Gasteiger partial charge < -0.3 is 14.3 Å². The van der Waals surface area contributed by atoms with E-state index in [-0.39, 0.29) is 5.89 Å². The molecule has 0 aliphatic rings. The molecular formula is C25H16Br2F3NO4. The van der Waals surface area contributed by atoms with Crippen molar-refractivity contribution in [2.75, 3.05) is 6.61 Å². The predicted molar refractivity (Wildman–Crippen MR) is 131 cm³/mol. The summed E-state index contributed by atoms with van der Waals surface area (Å²) in [6, 6.07) is 15.8. The van der Waals surface area contributed by atoms with Crippen LogP contribution in [0.15, 0.2) is 74.0 Å². The number of carbonyl (C=O) groups is 1. The molecule has 3 aromatic carbocycles. The van der Waals surface area contributed by atoms with E-state index in [1.807, 2.05) is 36.4 Å². The summed E-state index contributed by atoms with van der Waals surface area (Å²) in [5, 5.41) is 8.83. The van der Waals surface area contributed by atoms with Crippen LogP contribution in [0.3, 0.4) is 0 Å². The number of hydrogen-bond donors (Lipinski definition) is 1. The second-order valence-electron chi connectivity index (χ2n) is 7.53. The normalized spacial score (nSPS) is 11.5. The molecule has 180 valence electrons. The van der Waals surface area contributed by atoms with E-state index in [1.165, 1.54) is 12.1 Å². The van der Waals surface area contributed by atoms with Crippen molar-refractivity contribution in [3.63, 3.8) is 0 Å². The summed E-state index contributed by atoms with van der Waals surface area (Å²) in [4.78, 5) is 15.3. The van der Waals surface area contributed by atoms with E-state index < -0.39 is 24.3 Å². The summed E-state index contributed by atoms with van der Waals surface area (Å²) in [5.41, 5.74) is 2.84. The zero-order valence-electron chi connectivity index (χ0n) is 18.0. The Balaban J connectivity index is 1.58. The first-order valence-corrected chi connectivity index (χ1v) is 11.7. The number of alkyl halides is 3. The Morgan fingerprint density at radius 3 is 2.03 bits per heavy atom. The molecule has 4 rings (SSSR count). The Morgan fingerprint density at radius 1 is 0.943 bits per heavy atom. The minimum Gasteiger partial charge on any atom is -0.480 e. The van der Waals surface area contributed by atoms with Gasteiger partial charge in [0, 0.05) is 11.1 Å². The van der Waals surface area contributed by atoms with Crippen molar-refractivity contribution in [3.8, 4) is 39.6 Å². The van der Waals surface area contributed by atoms with E-state index in [9.17, 15) is 18.0 Å². The van der Waals surface area contributed by atoms with Gasteiger partial charge in [0.25, 0.3) is 0 Å². The number of aromatic nitrogens is 1. The lowest BCUT2D eigenvalue weighted by atomic mass is 10.0. The van der Waals surface area contributed by atoms with Crippen molar-refractivity contribution in [2.45, 2.75) is 13.1 Å². The Hall–Kier alpha value is -3.11. The maximum Gasteiger partial charge on any atom is 0.416 e. The third-order valence-corrected chi connectivity index (χ3v) is 6.26. The highest BCUT2D eigenvalue weighted by atomic mass is 79.9. The Bertz CT molecular complexity index is 1360. The van der Waals surface area contributed by atoms with Crippen molar-refractivity contribution < 1.29 is 32.2 Å². The summed E-state index contributed by atoms with van der Waals surface area (Å²) in [7, 11) is 0. The van der Waals surface area contributed by atoms with Crippen LogP contribution in [0, 0.1) is 6.92 Å². The molecule has 5 nitrogen and oxygen atoms in total. The fourth-order valence-corrected chi connectivity index (χ4v) is 4.82. The van der Waals surface area contributed by atoms with Gasteiger partial charge in [0.2, 0.25) is 5.89 Å². The van der Waals surface area contributed by atoms with Gasteiger partial charge in [-0.2, -0.15) is 13.2 Å². The number of oxazole rings is 1. The lowest BCUT2D eigenvalue weighted by Gasteiger charge is -2.11. The molecule has 0 saturated heterocycles. The number of carboxylic acid groups (broad SMARTS) is 1. The fraction of sp³-hybridized carbons (Fsp3) is 0.120. The van der Waals surface area contributed by atoms with Gasteiger partial charge in [-0.1, -0.05) is 24.3 Å². The first kappa shape index (κ1) is 25.0. The molecule has 1 N–H and O–H groups in total. The molecule has 0 unspecified atom stereocenters. The molecule has 0 aliphatic heterocycles. The number of aryl methyl sites for hydroxylation is 1. The smallest absolute Gasteiger partial charge is 0.416 e. The molecule has 0 atom stereocenters. The molecule has 0 radical (unpaired) electrons. The van der Waals surface area contributed by atoms with Gasteiger partial charge in [-0.15, -0.1) is 0 Å². The van der Waals surface area contributed by atoms with E-state index in [1.54, 1.807) is 6.92 Å². The van der Waals surface area contributed by atoms with Crippen molar-refractivity contribution in [1.82, 2.24) is 4.98 Å². The van der Waals surface area contributed by atoms with Crippen molar-refractivity contribution in [2.24, 2.45) is 0 Å². The maximum absolute atomic E-state index is 12.8. The molecule has 0 fully saturated rings. The van der Waals surface area contributed by atoms with Gasteiger partial charge in [0.15, 0.2) is 6.61 Å². The minimum atomic E-state index is -4.41. The largest absolute Gasteiger partial charge is 0.480 e. The van der Waals surface area contributed by atoms with E-state index >= 15 is 0 Å². The maximum atomic E-state index is 12.8. The van der Waals surface area contributed by atoms with Crippen LogP contribution >= 0.6 is 31.9 Å². The average molecular weight is 611 g/mol. The molecule has 35 heavy (non-hydrogen) atoms. The number of hydrogen-bond acceptors (Lipinski definition) is 4. The number of rotatable bonds is 6. The summed E-state index contributed by atoms with van der Waals surface area (Å²) in [5.74, 6) is 0.0908. The first-order valence-electron chi connectivity index (χ1n) is 10.1. The van der Waals surface area contributed by atoms with Crippen LogP contribution in [0.4, 0.5) is 13.2 Å². The lowest BCUT2D eigenvalue weighted by molar-refractivity contribution is -0.139. The zero-order valence-corrected chi connectivity index (χ0v) is 21.2. The van der Waals surface area contributed by atoms with Gasteiger partial charge >= 0.3 is 12.1 Å². The van der Waals surface area contributed by atoms with Crippen LogP contribution in [0.1, 0.15) is 11.3 Å². The lowest BCUT2D eigenvalue weighted by Crippen LogP contribution is -2.10. The number of ether oxygens (including phenoxy) is 1. The predicted octanol–water partition coefficient (Wildman–Crippen LogP) is 7.99. The van der Waals surface area contributed by atoms with Crippen LogP contribution < -0.4 is 4.74 Å². The average Bonchev–Trinajstić information content (AvgIpc) is 3.19. The summed E-state index contributed by atoms with van der Waals surface area (Å²) >= 11 is 6.83. The van der Waals surface area contributed by atoms with Gasteiger partial charge in [-0.05, 0) is 86.3 Å². The van der Waals surface area contributed by atoms with Gasteiger partial charge in [-0.25, -0.2) is 9.78 Å². The topological polar surface area (TPSA) is 72.6 Å². The van der Waals surface area contributed by atoms with Crippen LogP contribution in [0.5, 0.6) is 5.75 Å². The highest BCUT2D eigenvalue weighted by Crippen LogP contribution is 2.39. The van der Waals surface area contributed by atoms with Gasteiger partial charge in [0.1, 0.15) is 17.2 Å². The molecule has 0 spiro atoms. The summed E-state index contributed by atoms with van der Waals surface area (Å²) < 4.78 is 50.7. The monoisotopic (exact) mass is 609 g/mol. The quantitative estimate of drug-likeness (QED) is 0.239. The van der Waals surface area contributed by atoms with E-state index in [4.69, 9.17) is 14.3 Å². The van der Waals surface area contributed by atoms with Crippen molar-refractivity contribution in [1.29, 1.82) is 0 Å². The standard InChI is InChI=1S/C25H16Br2F3NO4/c1-13-22(31-24(35-13)16-6-8-18(9-7-16)25(28,29)30)15-4-2-14(3-5-15)17-10-19(26)23(20(27)11-17)34-12-21(32)33/h2-11H,12H2,1H3,(H,32,33). The molecule has 4 aromatic rings. The van der Waals surface area contributed by atoms with Crippen LogP contribution in [0.25, 0.3) is 33.8 Å². The number of nitrogens with zero attached hydrogens (tertiary/aromatic N) is 1. The molecule has 10 heteroatoms. The molecule has 0 aliphatic carbocycles. The summed E-state index contributed by atoms with van der Waals surface area (Å²) in [6.07, 6.45) is -4.41. The second-order valence-corrected chi connectivity index (χ2v) is 9.24. The first-order chi connectivity index (χ1) is 16.5. The van der Waals surface area contributed by atoms with Crippen molar-refractivity contribution >= 4 is 37.8 Å². The molecule has 1 aromatic heterocycles. The van der Waals surface area contributed by atoms with E-state index in [0.29, 0.717) is 31.7 Å². The highest BCUT2D eigenvalue weighted by Gasteiger charge is 2.30. The van der Waals surface area contributed by atoms with E-state index in [0.717, 1.165) is 28.8 Å². The van der Waals surface area contributed by atoms with Gasteiger partial charge in [0.05, 0.1) is 14.5 Å². The Labute approximate surface area is 214 Å². The molecule has 1 heterocycles. The molecule has 0 amide bonds. The third kappa shape index (κ3) is 5.59. The minimum absolute atomic E-state index is 0.236. The van der Waals surface area contributed by atoms with Crippen LogP contribution in [-0.4, -0.2) is 22.7 Å². The molecular weight excluding hydrogens is 595 g/mol. The number of carboxylic acids is 1. The van der Waals surface area contributed by atoms with Crippen LogP contribution in [-0.2, 0) is 11.0 Å². The molecule has 0 bridgehead atoms. The number of aliphatic carboxylic acids is 1. The third-order valence-electron chi connectivity index (χ3n) is 5.09. The number of halogens is 5. The SMILES string of the molecule is Cc1oc(-c2ccc(C(F)(F)F)cc2)nc1-c1ccc(-c2cc(Br)c(OCC(=O)O)c(Br)c2)cc1. The Kier molecular flexibility index (Phi) is 7.05. The van der Waals surface area contributed by atoms with Crippen LogP contribution in [0.2, 0.25) is 0 Å². The molecule has 0 saturated carbocycles. The fourth-order valence-electron chi connectivity index (χ4n) is 3.41. The Morgan fingerprint density at radius 2 is 1.49 bits per heavy atom. The number of benzene rings is 3.